The molecule has 0 aliphatic heterocycles. The molecule has 1 aromatic carbocycles. The topological polar surface area (TPSA) is 50.9 Å². The smallest absolute Gasteiger partial charge is 0.131 e. The summed E-state index contributed by atoms with van der Waals surface area (Å²) in [6, 6.07) is 4.25. The second kappa shape index (κ2) is 5.39. The monoisotopic (exact) mass is 269 g/mol. The maximum Gasteiger partial charge on any atom is 0.131 e. The van der Waals surface area contributed by atoms with Crippen molar-refractivity contribution in [2.24, 2.45) is 5.84 Å². The minimum atomic E-state index is -0.689. The number of nitrogens with zero attached hydrogens (tertiary/aromatic N) is 1. The molecule has 0 aliphatic rings. The van der Waals surface area contributed by atoms with Gasteiger partial charge in [-0.15, -0.1) is 0 Å². The molecule has 3 N–H and O–H groups in total. The van der Waals surface area contributed by atoms with Crippen molar-refractivity contribution in [3.63, 3.8) is 0 Å². The van der Waals surface area contributed by atoms with Gasteiger partial charge in [0.05, 0.1) is 11.1 Å². The average Bonchev–Trinajstić information content (AvgIpc) is 2.34. The first kappa shape index (κ1) is 12.9. The first-order valence-electron chi connectivity index (χ1n) is 5.14. The summed E-state index contributed by atoms with van der Waals surface area (Å²) in [5, 5.41) is 0.351. The molecule has 0 fully saturated rings. The van der Waals surface area contributed by atoms with Crippen molar-refractivity contribution in [2.75, 3.05) is 0 Å². The predicted molar refractivity (Wildman–Crippen MR) is 64.8 cm³/mol. The van der Waals surface area contributed by atoms with E-state index in [1.807, 2.05) is 0 Å². The van der Waals surface area contributed by atoms with Crippen LogP contribution in [-0.2, 0) is 0 Å². The Morgan fingerprint density at radius 1 is 1.22 bits per heavy atom. The third-order valence-electron chi connectivity index (χ3n) is 2.55. The van der Waals surface area contributed by atoms with Crippen LogP contribution < -0.4 is 11.3 Å². The molecule has 0 spiro atoms. The van der Waals surface area contributed by atoms with Gasteiger partial charge < -0.3 is 0 Å². The molecule has 3 nitrogen and oxygen atoms in total. The number of hydrogen-bond acceptors (Lipinski definition) is 3. The van der Waals surface area contributed by atoms with E-state index in [1.165, 1.54) is 18.5 Å². The summed E-state index contributed by atoms with van der Waals surface area (Å²) in [5.74, 6) is 4.09. The van der Waals surface area contributed by atoms with Crippen molar-refractivity contribution in [2.45, 2.75) is 6.04 Å². The SMILES string of the molecule is NNC(c1ccc(F)cc1F)c1ccncc1Cl. The number of aromatic nitrogens is 1. The zero-order valence-corrected chi connectivity index (χ0v) is 9.96. The molecule has 1 unspecified atom stereocenters. The van der Waals surface area contributed by atoms with Crippen molar-refractivity contribution in [3.8, 4) is 0 Å². The van der Waals surface area contributed by atoms with Crippen LogP contribution in [0.2, 0.25) is 5.02 Å². The van der Waals surface area contributed by atoms with Crippen molar-refractivity contribution in [1.29, 1.82) is 0 Å². The third kappa shape index (κ3) is 2.48. The summed E-state index contributed by atoms with van der Waals surface area (Å²) in [7, 11) is 0. The molecule has 0 aliphatic carbocycles. The zero-order valence-electron chi connectivity index (χ0n) is 9.20. The van der Waals surface area contributed by atoms with Gasteiger partial charge in [-0.05, 0) is 17.7 Å². The Bertz CT molecular complexity index is 563. The largest absolute Gasteiger partial charge is 0.271 e. The molecule has 1 atom stereocenters. The van der Waals surface area contributed by atoms with Crippen LogP contribution in [0.25, 0.3) is 0 Å². The molecule has 6 heteroatoms. The molecule has 94 valence electrons. The van der Waals surface area contributed by atoms with E-state index < -0.39 is 17.7 Å². The average molecular weight is 270 g/mol. The number of hydrazine groups is 1. The van der Waals surface area contributed by atoms with E-state index in [4.69, 9.17) is 17.4 Å². The van der Waals surface area contributed by atoms with Crippen molar-refractivity contribution in [3.05, 3.63) is 64.4 Å². The molecule has 2 aromatic rings. The fourth-order valence-corrected chi connectivity index (χ4v) is 1.93. The molecule has 1 heterocycles. The van der Waals surface area contributed by atoms with Crippen LogP contribution in [0.4, 0.5) is 8.78 Å². The standard InChI is InChI=1S/C12H10ClF2N3/c13-10-6-17-4-3-8(10)12(18-16)9-2-1-7(14)5-11(9)15/h1-6,12,18H,16H2. The highest BCUT2D eigenvalue weighted by Gasteiger charge is 2.19. The summed E-state index contributed by atoms with van der Waals surface area (Å²) in [5.41, 5.74) is 3.25. The molecule has 0 radical (unpaired) electrons. The van der Waals surface area contributed by atoms with E-state index in [1.54, 1.807) is 6.07 Å². The number of pyridine rings is 1. The summed E-state index contributed by atoms with van der Waals surface area (Å²) in [4.78, 5) is 3.84. The molecule has 0 saturated carbocycles. The minimum absolute atomic E-state index is 0.215. The lowest BCUT2D eigenvalue weighted by molar-refractivity contribution is 0.541. The number of nitrogens with two attached hydrogens (primary N) is 1. The van der Waals surface area contributed by atoms with Gasteiger partial charge in [-0.25, -0.2) is 14.2 Å². The van der Waals surface area contributed by atoms with E-state index in [9.17, 15) is 8.78 Å². The lowest BCUT2D eigenvalue weighted by atomic mass is 9.99. The van der Waals surface area contributed by atoms with Crippen LogP contribution >= 0.6 is 11.6 Å². The van der Waals surface area contributed by atoms with Gasteiger partial charge in [-0.1, -0.05) is 17.7 Å². The number of nitrogens with one attached hydrogen (secondary N) is 1. The Morgan fingerprint density at radius 2 is 2.00 bits per heavy atom. The molecule has 1 aromatic heterocycles. The Balaban J connectivity index is 2.49. The van der Waals surface area contributed by atoms with Crippen LogP contribution in [0.1, 0.15) is 17.2 Å². The number of rotatable bonds is 3. The van der Waals surface area contributed by atoms with Gasteiger partial charge >= 0.3 is 0 Å². The maximum absolute atomic E-state index is 13.7. The van der Waals surface area contributed by atoms with Gasteiger partial charge in [-0.2, -0.15) is 0 Å². The summed E-state index contributed by atoms with van der Waals surface area (Å²) >= 11 is 5.98. The summed E-state index contributed by atoms with van der Waals surface area (Å²) in [6.45, 7) is 0. The predicted octanol–water partition coefficient (Wildman–Crippen LogP) is 2.57. The second-order valence-electron chi connectivity index (χ2n) is 3.66. The van der Waals surface area contributed by atoms with Crippen molar-refractivity contribution >= 4 is 11.6 Å². The number of benzene rings is 1. The van der Waals surface area contributed by atoms with E-state index in [2.05, 4.69) is 10.4 Å². The van der Waals surface area contributed by atoms with Crippen LogP contribution in [0, 0.1) is 11.6 Å². The minimum Gasteiger partial charge on any atom is -0.271 e. The quantitative estimate of drug-likeness (QED) is 0.665. The Morgan fingerprint density at radius 3 is 2.61 bits per heavy atom. The second-order valence-corrected chi connectivity index (χ2v) is 4.07. The van der Waals surface area contributed by atoms with E-state index >= 15 is 0 Å². The van der Waals surface area contributed by atoms with Crippen LogP contribution in [-0.4, -0.2) is 4.98 Å². The Hall–Kier alpha value is -1.56. The summed E-state index contributed by atoms with van der Waals surface area (Å²) < 4.78 is 26.6. The lowest BCUT2D eigenvalue weighted by Gasteiger charge is -2.18. The summed E-state index contributed by atoms with van der Waals surface area (Å²) in [6.07, 6.45) is 2.95. The maximum atomic E-state index is 13.7. The Kier molecular flexibility index (Phi) is 3.86. The van der Waals surface area contributed by atoms with Crippen molar-refractivity contribution < 1.29 is 8.78 Å². The van der Waals surface area contributed by atoms with E-state index in [0.29, 0.717) is 10.6 Å². The van der Waals surface area contributed by atoms with Gasteiger partial charge in [-0.3, -0.25) is 10.8 Å². The highest BCUT2D eigenvalue weighted by molar-refractivity contribution is 6.31. The van der Waals surface area contributed by atoms with E-state index in [0.717, 1.165) is 12.1 Å². The third-order valence-corrected chi connectivity index (χ3v) is 2.87. The highest BCUT2D eigenvalue weighted by Crippen LogP contribution is 2.28. The molecule has 0 bridgehead atoms. The first-order valence-corrected chi connectivity index (χ1v) is 5.51. The van der Waals surface area contributed by atoms with E-state index in [-0.39, 0.29) is 5.56 Å². The van der Waals surface area contributed by atoms with Crippen LogP contribution in [0.3, 0.4) is 0 Å². The number of hydrogen-bond donors (Lipinski definition) is 2. The Labute approximate surface area is 108 Å². The van der Waals surface area contributed by atoms with Gasteiger partial charge in [0.2, 0.25) is 0 Å². The van der Waals surface area contributed by atoms with Gasteiger partial charge in [0.15, 0.2) is 0 Å². The van der Waals surface area contributed by atoms with Gasteiger partial charge in [0, 0.05) is 24.0 Å². The molecule has 0 amide bonds. The fraction of sp³-hybridized carbons (Fsp3) is 0.0833. The van der Waals surface area contributed by atoms with Gasteiger partial charge in [0.1, 0.15) is 11.6 Å². The molecule has 0 saturated heterocycles. The first-order chi connectivity index (χ1) is 8.63. The normalized spacial score (nSPS) is 12.4. The van der Waals surface area contributed by atoms with Gasteiger partial charge in [0.25, 0.3) is 0 Å². The molecule has 18 heavy (non-hydrogen) atoms. The molecule has 2 rings (SSSR count). The number of halogens is 3. The van der Waals surface area contributed by atoms with Crippen molar-refractivity contribution in [1.82, 2.24) is 10.4 Å². The van der Waals surface area contributed by atoms with Crippen LogP contribution in [0.15, 0.2) is 36.7 Å². The molecular formula is C12H10ClF2N3. The van der Waals surface area contributed by atoms with Crippen LogP contribution in [0.5, 0.6) is 0 Å². The highest BCUT2D eigenvalue weighted by atomic mass is 35.5. The lowest BCUT2D eigenvalue weighted by Crippen LogP contribution is -2.29. The zero-order chi connectivity index (χ0) is 13.1. The molecular weight excluding hydrogens is 260 g/mol. The fourth-order valence-electron chi connectivity index (χ4n) is 1.70.